The molecular weight excluding hydrogens is 512 g/mol. The van der Waals surface area contributed by atoms with Crippen molar-refractivity contribution < 1.29 is 41.7 Å². The monoisotopic (exact) mass is 560 g/mol. The van der Waals surface area contributed by atoms with Gasteiger partial charge < -0.3 is 8.83 Å². The number of fused-ring (bicyclic) bond motifs is 6. The van der Waals surface area contributed by atoms with E-state index in [2.05, 4.69) is 0 Å². The Balaban J connectivity index is 1.55. The summed E-state index contributed by atoms with van der Waals surface area (Å²) in [6.45, 7) is 0. The molecule has 196 valence electrons. The fourth-order valence-corrected chi connectivity index (χ4v) is 5.05. The first kappa shape index (κ1) is 9.75. The Morgan fingerprint density at radius 3 is 1.64 bits per heavy atom. The SMILES string of the molecule is [2H]c1c([2H])c([2H])c(-c2oc3c([2H])c4c(oc5c(-c6c7c([2H])c([2H])c([2H])c([2H])c7c(-c7c([2H])c([2H])c([2H])c([2H])c7[2H])c7c([2H])c([2H])c([2H])c([2H])c67)c([2H])c([2H])c([2H])c54)c([2H])c3c2[2H])c([2H])c1[2H]. The van der Waals surface area contributed by atoms with E-state index in [9.17, 15) is 9.60 Å². The summed E-state index contributed by atoms with van der Waals surface area (Å²) >= 11 is 0. The molecule has 0 fully saturated rings. The number of benzene rings is 7. The molecule has 2 nitrogen and oxygen atoms in total. The molecule has 0 saturated carbocycles. The second-order valence-electron chi connectivity index (χ2n) is 9.02. The van der Waals surface area contributed by atoms with Gasteiger partial charge in [0.1, 0.15) is 22.5 Å². The van der Waals surface area contributed by atoms with Crippen molar-refractivity contribution in [2.24, 2.45) is 0 Å². The van der Waals surface area contributed by atoms with Crippen LogP contribution in [0.2, 0.25) is 0 Å². The van der Waals surface area contributed by atoms with E-state index in [-0.39, 0.29) is 0 Å². The second kappa shape index (κ2) is 8.95. The third-order valence-corrected chi connectivity index (χ3v) is 6.76. The van der Waals surface area contributed by atoms with Gasteiger partial charge in [-0.3, -0.25) is 0 Å². The second-order valence-corrected chi connectivity index (χ2v) is 9.02. The zero-order valence-electron chi connectivity index (χ0n) is 44.8. The van der Waals surface area contributed by atoms with Crippen LogP contribution in [0, 0.1) is 0 Å². The van der Waals surface area contributed by atoms with Crippen LogP contribution in [-0.2, 0) is 0 Å². The molecule has 42 heavy (non-hydrogen) atoms. The Labute approximate surface area is 275 Å². The first-order valence-corrected chi connectivity index (χ1v) is 12.3. The average Bonchev–Trinajstić information content (AvgIpc) is 3.86. The fourth-order valence-electron chi connectivity index (χ4n) is 5.05. The van der Waals surface area contributed by atoms with Crippen LogP contribution in [0.25, 0.3) is 88.0 Å². The number of para-hydroxylation sites is 1. The molecule has 0 aliphatic heterocycles. The summed E-state index contributed by atoms with van der Waals surface area (Å²) < 4.78 is 223. The predicted octanol–water partition coefficient (Wildman–Crippen LogP) is 11.6. The topological polar surface area (TPSA) is 26.3 Å². The van der Waals surface area contributed by atoms with E-state index in [1.54, 1.807) is 0 Å². The summed E-state index contributed by atoms with van der Waals surface area (Å²) in [7, 11) is 0. The van der Waals surface area contributed by atoms with Gasteiger partial charge in [-0.05, 0) is 50.8 Å². The highest BCUT2D eigenvalue weighted by Crippen LogP contribution is 2.46. The van der Waals surface area contributed by atoms with Crippen molar-refractivity contribution in [3.05, 3.63) is 145 Å². The Kier molecular flexibility index (Phi) is 2.08. The third kappa shape index (κ3) is 3.39. The maximum absolute atomic E-state index is 9.35. The molecule has 9 rings (SSSR count). The molecule has 0 bridgehead atoms. The van der Waals surface area contributed by atoms with Crippen molar-refractivity contribution in [1.82, 2.24) is 0 Å². The Hall–Kier alpha value is -5.60. The quantitative estimate of drug-likeness (QED) is 0.201. The van der Waals surface area contributed by atoms with Gasteiger partial charge in [0, 0.05) is 32.8 Å². The van der Waals surface area contributed by atoms with E-state index in [1.807, 2.05) is 0 Å². The van der Waals surface area contributed by atoms with Gasteiger partial charge >= 0.3 is 0 Å². The van der Waals surface area contributed by atoms with E-state index >= 15 is 0 Å². The standard InChI is InChI=1S/C40H24O2/c1-3-12-25(13-4-1)35-22-27-23-37-34(24-36(27)41-35)32-20-11-21-33(40(32)42-37)39-30-18-9-7-16-28(30)38(26-14-5-2-6-15-26)29-17-8-10-19-31(29)39/h1-24H/i1D,2D,3D,4D,5D,6D,7D,8D,9D,10D,11D,12D,13D,14D,15D,16D,17D,18D,19D,20D,21D,22D,23D,24D. The number of furan rings is 2. The number of hydrogen-bond acceptors (Lipinski definition) is 2. The number of rotatable bonds is 3. The lowest BCUT2D eigenvalue weighted by molar-refractivity contribution is 0.631. The third-order valence-electron chi connectivity index (χ3n) is 6.76. The molecule has 0 radical (unpaired) electrons. The molecule has 9 aromatic rings. The molecule has 7 aromatic carbocycles. The van der Waals surface area contributed by atoms with Crippen LogP contribution >= 0.6 is 0 Å². The van der Waals surface area contributed by atoms with Crippen LogP contribution in [0.4, 0.5) is 0 Å². The minimum Gasteiger partial charge on any atom is -0.456 e. The van der Waals surface area contributed by atoms with Gasteiger partial charge in [0.15, 0.2) is 0 Å². The summed E-state index contributed by atoms with van der Waals surface area (Å²) in [5, 5.41) is -3.89. The zero-order valence-corrected chi connectivity index (χ0v) is 20.8. The number of hydrogen-bond donors (Lipinski definition) is 0. The van der Waals surface area contributed by atoms with Crippen LogP contribution in [0.5, 0.6) is 0 Å². The van der Waals surface area contributed by atoms with Gasteiger partial charge in [0.2, 0.25) is 0 Å². The van der Waals surface area contributed by atoms with Gasteiger partial charge in [0.05, 0.1) is 32.9 Å². The predicted molar refractivity (Wildman–Crippen MR) is 175 cm³/mol. The molecule has 0 aliphatic rings. The minimum absolute atomic E-state index is 0.434. The van der Waals surface area contributed by atoms with E-state index in [1.165, 1.54) is 0 Å². The van der Waals surface area contributed by atoms with Crippen molar-refractivity contribution >= 4 is 54.5 Å². The minimum atomic E-state index is -0.920. The lowest BCUT2D eigenvalue weighted by Gasteiger charge is -2.17. The molecule has 0 spiro atoms. The van der Waals surface area contributed by atoms with E-state index < -0.39 is 233 Å². The molecule has 0 unspecified atom stereocenters. The largest absolute Gasteiger partial charge is 0.456 e. The van der Waals surface area contributed by atoms with Crippen molar-refractivity contribution in [3.8, 4) is 33.6 Å². The Bertz CT molecular complexity index is 3670. The summed E-state index contributed by atoms with van der Waals surface area (Å²) in [4.78, 5) is 0. The lowest BCUT2D eigenvalue weighted by atomic mass is 9.85. The molecule has 2 aromatic heterocycles. The van der Waals surface area contributed by atoms with Gasteiger partial charge in [0.25, 0.3) is 0 Å². The van der Waals surface area contributed by atoms with Crippen molar-refractivity contribution in [1.29, 1.82) is 0 Å². The molecule has 0 N–H and O–H groups in total. The van der Waals surface area contributed by atoms with Crippen LogP contribution in [-0.4, -0.2) is 0 Å². The lowest BCUT2D eigenvalue weighted by Crippen LogP contribution is -1.90. The van der Waals surface area contributed by atoms with E-state index in [4.69, 9.17) is 32.1 Å². The maximum atomic E-state index is 9.35. The first-order chi connectivity index (χ1) is 30.8. The zero-order chi connectivity index (χ0) is 48.5. The summed E-state index contributed by atoms with van der Waals surface area (Å²) in [5.74, 6) is -0.609. The van der Waals surface area contributed by atoms with Gasteiger partial charge in [-0.25, -0.2) is 0 Å². The smallest absolute Gasteiger partial charge is 0.143 e. The average molecular weight is 561 g/mol. The van der Waals surface area contributed by atoms with Crippen LogP contribution in [0.15, 0.2) is 154 Å². The first-order valence-electron chi connectivity index (χ1n) is 24.3. The molecular formula is C40H24O2. The maximum Gasteiger partial charge on any atom is 0.143 e. The summed E-state index contributed by atoms with van der Waals surface area (Å²) in [6, 6.07) is -20.2. The molecule has 2 heterocycles. The Morgan fingerprint density at radius 1 is 0.405 bits per heavy atom. The van der Waals surface area contributed by atoms with Gasteiger partial charge in [-0.2, -0.15) is 0 Å². The van der Waals surface area contributed by atoms with Crippen molar-refractivity contribution in [2.75, 3.05) is 0 Å². The fraction of sp³-hybridized carbons (Fsp3) is 0. The molecule has 0 amide bonds. The van der Waals surface area contributed by atoms with Crippen LogP contribution in [0.1, 0.15) is 32.9 Å². The molecule has 0 aliphatic carbocycles. The van der Waals surface area contributed by atoms with Gasteiger partial charge in [-0.1, -0.05) is 127 Å². The molecule has 0 atom stereocenters. The summed E-state index contributed by atoms with van der Waals surface area (Å²) in [5.41, 5.74) is -4.85. The normalized spacial score (nSPS) is 19.8. The summed E-state index contributed by atoms with van der Waals surface area (Å²) in [6.07, 6.45) is 0. The van der Waals surface area contributed by atoms with Crippen molar-refractivity contribution in [3.63, 3.8) is 0 Å². The molecule has 2 heteroatoms. The highest BCUT2D eigenvalue weighted by atomic mass is 16.3. The highest BCUT2D eigenvalue weighted by Gasteiger charge is 2.20. The van der Waals surface area contributed by atoms with Crippen molar-refractivity contribution in [2.45, 2.75) is 0 Å². The van der Waals surface area contributed by atoms with Crippen LogP contribution < -0.4 is 0 Å². The highest BCUT2D eigenvalue weighted by molar-refractivity contribution is 6.24. The Morgan fingerprint density at radius 2 is 0.976 bits per heavy atom. The molecule has 0 saturated heterocycles. The van der Waals surface area contributed by atoms with Gasteiger partial charge in [-0.15, -0.1) is 0 Å². The van der Waals surface area contributed by atoms with Crippen LogP contribution in [0.3, 0.4) is 0 Å². The van der Waals surface area contributed by atoms with E-state index in [0.29, 0.717) is 0 Å². The van der Waals surface area contributed by atoms with E-state index in [0.717, 1.165) is 0 Å².